The zero-order chi connectivity index (χ0) is 29.1. The molecule has 2 aromatic carbocycles. The molecule has 10 heteroatoms. The predicted molar refractivity (Wildman–Crippen MR) is 152 cm³/mol. The number of piperidine rings is 1. The summed E-state index contributed by atoms with van der Waals surface area (Å²) in [5.74, 6) is 0.271. The second-order valence-corrected chi connectivity index (χ2v) is 11.9. The van der Waals surface area contributed by atoms with E-state index in [0.29, 0.717) is 23.5 Å². The Hall–Kier alpha value is -3.44. The van der Waals surface area contributed by atoms with Gasteiger partial charge in [0.2, 0.25) is 0 Å². The van der Waals surface area contributed by atoms with E-state index in [1.54, 1.807) is 19.9 Å². The number of nitrogens with one attached hydrogen (secondary N) is 1. The Morgan fingerprint density at radius 2 is 1.95 bits per heavy atom. The average Bonchev–Trinajstić information content (AvgIpc) is 3.59. The second kappa shape index (κ2) is 10.1. The monoisotopic (exact) mass is 563 g/mol. The van der Waals surface area contributed by atoms with Crippen LogP contribution in [0.4, 0.5) is 0 Å². The number of ether oxygens (including phenoxy) is 3. The first-order valence-electron chi connectivity index (χ1n) is 14.2. The molecule has 0 unspecified atom stereocenters. The van der Waals surface area contributed by atoms with Gasteiger partial charge in [0.15, 0.2) is 11.0 Å². The maximum Gasteiger partial charge on any atom is 0.341 e. The standard InChI is InChI=1S/C31H37N3O7/c1-16-11-21(35)26-23(38-16)15-22-20(27(26)36)14-24(30(2,40-22)19-7-9-34-10-8-19)39-29(37)31(3)25(41-31)13-17-5-4-6-18(12-17)28(32)33/h4-6,11-12,15,19,24-25,28,34,36H,7-10,13-14,32-33H2,1-3H3/t24-,25-,30+,31+/m1/s1. The summed E-state index contributed by atoms with van der Waals surface area (Å²) in [6.07, 6.45) is 0.695. The fourth-order valence-electron chi connectivity index (χ4n) is 6.39. The highest BCUT2D eigenvalue weighted by atomic mass is 16.7. The molecule has 2 saturated heterocycles. The van der Waals surface area contributed by atoms with Crippen molar-refractivity contribution in [3.05, 3.63) is 69.1 Å². The van der Waals surface area contributed by atoms with Crippen molar-refractivity contribution in [3.8, 4) is 11.5 Å². The largest absolute Gasteiger partial charge is 0.507 e. The van der Waals surface area contributed by atoms with E-state index >= 15 is 0 Å². The van der Waals surface area contributed by atoms with E-state index in [1.807, 2.05) is 31.2 Å². The molecule has 0 radical (unpaired) electrons. The smallest absolute Gasteiger partial charge is 0.341 e. The van der Waals surface area contributed by atoms with Crippen LogP contribution in [-0.4, -0.2) is 47.6 Å². The van der Waals surface area contributed by atoms with Crippen LogP contribution < -0.4 is 26.9 Å². The lowest BCUT2D eigenvalue weighted by Crippen LogP contribution is -2.58. The van der Waals surface area contributed by atoms with Crippen LogP contribution in [0.1, 0.15) is 55.3 Å². The topological polar surface area (TPSA) is 163 Å². The van der Waals surface area contributed by atoms with Crippen molar-refractivity contribution in [3.63, 3.8) is 0 Å². The Bertz CT molecular complexity index is 1560. The van der Waals surface area contributed by atoms with Gasteiger partial charge in [0.05, 0.1) is 6.17 Å². The molecule has 10 nitrogen and oxygen atoms in total. The van der Waals surface area contributed by atoms with Crippen molar-refractivity contribution in [2.24, 2.45) is 17.4 Å². The van der Waals surface area contributed by atoms with Gasteiger partial charge in [-0.2, -0.15) is 0 Å². The molecule has 6 rings (SSSR count). The minimum absolute atomic E-state index is 0.0870. The molecule has 41 heavy (non-hydrogen) atoms. The van der Waals surface area contributed by atoms with Crippen molar-refractivity contribution in [2.45, 2.75) is 76.0 Å². The van der Waals surface area contributed by atoms with Gasteiger partial charge in [0, 0.05) is 36.5 Å². The van der Waals surface area contributed by atoms with Gasteiger partial charge in [-0.1, -0.05) is 24.3 Å². The molecule has 2 fully saturated rings. The second-order valence-electron chi connectivity index (χ2n) is 11.9. The maximum atomic E-state index is 13.7. The van der Waals surface area contributed by atoms with E-state index in [-0.39, 0.29) is 40.6 Å². The number of carbonyl (C=O) groups excluding carboxylic acids is 1. The van der Waals surface area contributed by atoms with Crippen LogP contribution in [-0.2, 0) is 27.1 Å². The summed E-state index contributed by atoms with van der Waals surface area (Å²) in [4.78, 5) is 26.4. The molecule has 4 atom stereocenters. The highest BCUT2D eigenvalue weighted by Gasteiger charge is 2.61. The molecule has 4 heterocycles. The molecule has 3 aromatic rings. The molecule has 6 N–H and O–H groups in total. The Morgan fingerprint density at radius 1 is 1.20 bits per heavy atom. The Morgan fingerprint density at radius 3 is 2.68 bits per heavy atom. The number of hydrogen-bond donors (Lipinski definition) is 4. The summed E-state index contributed by atoms with van der Waals surface area (Å²) in [6, 6.07) is 10.6. The van der Waals surface area contributed by atoms with Crippen LogP contribution >= 0.6 is 0 Å². The minimum Gasteiger partial charge on any atom is -0.507 e. The van der Waals surface area contributed by atoms with Crippen LogP contribution in [0.3, 0.4) is 0 Å². The number of aromatic hydroxyl groups is 1. The van der Waals surface area contributed by atoms with Crippen molar-refractivity contribution >= 4 is 16.9 Å². The zero-order valence-corrected chi connectivity index (χ0v) is 23.6. The number of benzene rings is 2. The molecular formula is C31H37N3O7. The van der Waals surface area contributed by atoms with Crippen molar-refractivity contribution in [1.82, 2.24) is 5.32 Å². The number of nitrogens with two attached hydrogens (primary N) is 2. The summed E-state index contributed by atoms with van der Waals surface area (Å²) in [5.41, 5.74) is 11.8. The lowest BCUT2D eigenvalue weighted by atomic mass is 9.75. The van der Waals surface area contributed by atoms with Crippen LogP contribution in [0, 0.1) is 12.8 Å². The van der Waals surface area contributed by atoms with E-state index in [4.69, 9.17) is 30.1 Å². The third-order valence-corrected chi connectivity index (χ3v) is 9.04. The first-order valence-corrected chi connectivity index (χ1v) is 14.2. The van der Waals surface area contributed by atoms with Crippen LogP contribution in [0.25, 0.3) is 11.0 Å². The summed E-state index contributed by atoms with van der Waals surface area (Å²) in [7, 11) is 0. The number of carbonyl (C=O) groups is 1. The third-order valence-electron chi connectivity index (χ3n) is 9.04. The molecule has 1 aromatic heterocycles. The van der Waals surface area contributed by atoms with Gasteiger partial charge < -0.3 is 40.5 Å². The van der Waals surface area contributed by atoms with E-state index in [0.717, 1.165) is 37.1 Å². The van der Waals surface area contributed by atoms with E-state index in [1.165, 1.54) is 6.07 Å². The molecule has 3 aliphatic heterocycles. The van der Waals surface area contributed by atoms with Crippen LogP contribution in [0.5, 0.6) is 11.5 Å². The molecular weight excluding hydrogens is 526 g/mol. The summed E-state index contributed by atoms with van der Waals surface area (Å²) < 4.78 is 24.5. The summed E-state index contributed by atoms with van der Waals surface area (Å²) >= 11 is 0. The Kier molecular flexibility index (Phi) is 6.85. The van der Waals surface area contributed by atoms with Crippen molar-refractivity contribution in [1.29, 1.82) is 0 Å². The Balaban J connectivity index is 1.29. The van der Waals surface area contributed by atoms with Gasteiger partial charge in [-0.05, 0) is 57.8 Å². The molecule has 0 amide bonds. The quantitative estimate of drug-likeness (QED) is 0.199. The lowest BCUT2D eigenvalue weighted by molar-refractivity contribution is -0.175. The van der Waals surface area contributed by atoms with E-state index in [2.05, 4.69) is 5.32 Å². The zero-order valence-electron chi connectivity index (χ0n) is 23.6. The molecule has 0 saturated carbocycles. The first-order chi connectivity index (χ1) is 19.5. The van der Waals surface area contributed by atoms with Gasteiger partial charge >= 0.3 is 5.97 Å². The number of fused-ring (bicyclic) bond motifs is 2. The SMILES string of the molecule is Cc1cc(=O)c2c(O)c3c(cc2o1)O[C@@](C)(C1CCNCC1)[C@H](OC(=O)[C@@]1(C)O[C@@H]1Cc1cccc(C(N)N)c1)C3. The lowest BCUT2D eigenvalue weighted by Gasteiger charge is -2.47. The highest BCUT2D eigenvalue weighted by Crippen LogP contribution is 2.48. The fourth-order valence-corrected chi connectivity index (χ4v) is 6.39. The first kappa shape index (κ1) is 27.7. The van der Waals surface area contributed by atoms with Crippen LogP contribution in [0.2, 0.25) is 0 Å². The number of phenols is 1. The average molecular weight is 564 g/mol. The van der Waals surface area contributed by atoms with Crippen LogP contribution in [0.15, 0.2) is 45.6 Å². The van der Waals surface area contributed by atoms with E-state index < -0.39 is 29.4 Å². The highest BCUT2D eigenvalue weighted by molar-refractivity contribution is 5.87. The third kappa shape index (κ3) is 4.88. The van der Waals surface area contributed by atoms with Gasteiger partial charge in [0.1, 0.15) is 46.0 Å². The Labute approximate surface area is 237 Å². The number of hydrogen-bond acceptors (Lipinski definition) is 10. The number of rotatable bonds is 6. The predicted octanol–water partition coefficient (Wildman–Crippen LogP) is 2.73. The van der Waals surface area contributed by atoms with Gasteiger partial charge in [-0.15, -0.1) is 0 Å². The molecule has 218 valence electrons. The molecule has 0 bridgehead atoms. The van der Waals surface area contributed by atoms with Gasteiger partial charge in [0.25, 0.3) is 0 Å². The number of phenolic OH excluding ortho intramolecular Hbond substituents is 1. The molecule has 0 spiro atoms. The van der Waals surface area contributed by atoms with Crippen molar-refractivity contribution < 1.29 is 28.5 Å². The van der Waals surface area contributed by atoms with Crippen molar-refractivity contribution in [2.75, 3.05) is 13.1 Å². The maximum absolute atomic E-state index is 13.7. The number of epoxide rings is 1. The van der Waals surface area contributed by atoms with Gasteiger partial charge in [-0.3, -0.25) is 4.79 Å². The molecule has 3 aliphatic rings. The number of aryl methyl sites for hydroxylation is 1. The summed E-state index contributed by atoms with van der Waals surface area (Å²) in [6.45, 7) is 7.03. The summed E-state index contributed by atoms with van der Waals surface area (Å²) in [5, 5.41) is 14.7. The fraction of sp³-hybridized carbons (Fsp3) is 0.484. The number of esters is 1. The minimum atomic E-state index is -1.12. The van der Waals surface area contributed by atoms with Gasteiger partial charge in [-0.25, -0.2) is 4.79 Å². The van der Waals surface area contributed by atoms with E-state index in [9.17, 15) is 14.7 Å². The normalized spacial score (nSPS) is 27.9. The molecule has 0 aliphatic carbocycles.